The molecule has 7 heteroatoms. The van der Waals surface area contributed by atoms with Crippen molar-refractivity contribution in [3.05, 3.63) is 23.3 Å². The number of anilines is 1. The van der Waals surface area contributed by atoms with Crippen molar-refractivity contribution in [2.24, 2.45) is 0 Å². The number of sulfonamides is 1. The minimum Gasteiger partial charge on any atom is -0.377 e. The van der Waals surface area contributed by atoms with Crippen molar-refractivity contribution in [1.29, 1.82) is 0 Å². The molecule has 6 nitrogen and oxygen atoms in total. The summed E-state index contributed by atoms with van der Waals surface area (Å²) in [6.45, 7) is 1.69. The molecule has 0 unspecified atom stereocenters. The number of amides is 1. The van der Waals surface area contributed by atoms with E-state index in [9.17, 15) is 13.2 Å². The second-order valence-electron chi connectivity index (χ2n) is 6.37. The average molecular weight is 336 g/mol. The van der Waals surface area contributed by atoms with Crippen molar-refractivity contribution in [1.82, 2.24) is 4.72 Å². The van der Waals surface area contributed by atoms with Gasteiger partial charge in [0.05, 0.1) is 16.7 Å². The Bertz CT molecular complexity index is 754. The van der Waals surface area contributed by atoms with Crippen LogP contribution in [-0.4, -0.2) is 40.1 Å². The number of aryl methyl sites for hydroxylation is 1. The number of rotatable bonds is 4. The number of benzene rings is 1. The monoisotopic (exact) mass is 336 g/mol. The molecule has 0 spiro atoms. The molecular formula is C16H20N2O4S. The Morgan fingerprint density at radius 1 is 1.22 bits per heavy atom. The van der Waals surface area contributed by atoms with Crippen molar-refractivity contribution in [3.8, 4) is 0 Å². The molecule has 0 saturated carbocycles. The van der Waals surface area contributed by atoms with Gasteiger partial charge in [-0.15, -0.1) is 0 Å². The normalized spacial score (nSPS) is 23.4. The summed E-state index contributed by atoms with van der Waals surface area (Å²) in [5.41, 5.74) is 2.88. The van der Waals surface area contributed by atoms with Crippen LogP contribution < -0.4 is 9.62 Å². The van der Waals surface area contributed by atoms with E-state index in [2.05, 4.69) is 4.72 Å². The zero-order valence-corrected chi connectivity index (χ0v) is 13.7. The van der Waals surface area contributed by atoms with Crippen molar-refractivity contribution in [2.75, 3.05) is 24.6 Å². The van der Waals surface area contributed by atoms with E-state index in [1.807, 2.05) is 0 Å². The van der Waals surface area contributed by atoms with Crippen LogP contribution in [0.25, 0.3) is 0 Å². The Balaban J connectivity index is 1.61. The van der Waals surface area contributed by atoms with Crippen LogP contribution in [0.4, 0.5) is 5.69 Å². The molecule has 23 heavy (non-hydrogen) atoms. The lowest BCUT2D eigenvalue weighted by Gasteiger charge is -2.25. The van der Waals surface area contributed by atoms with Gasteiger partial charge in [-0.05, 0) is 48.9 Å². The lowest BCUT2D eigenvalue weighted by atomic mass is 10.00. The first-order chi connectivity index (χ1) is 11.0. The smallest absolute Gasteiger partial charge is 0.240 e. The third-order valence-electron chi connectivity index (χ3n) is 4.86. The van der Waals surface area contributed by atoms with E-state index in [0.717, 1.165) is 36.1 Å². The van der Waals surface area contributed by atoms with Gasteiger partial charge in [0.15, 0.2) is 0 Å². The fourth-order valence-electron chi connectivity index (χ4n) is 3.67. The molecule has 1 saturated heterocycles. The molecular weight excluding hydrogens is 316 g/mol. The number of nitrogens with one attached hydrogen (secondary N) is 1. The first kappa shape index (κ1) is 15.1. The van der Waals surface area contributed by atoms with Crippen LogP contribution in [-0.2, 0) is 32.4 Å². The molecule has 1 N–H and O–H groups in total. The maximum absolute atomic E-state index is 12.6. The Morgan fingerprint density at radius 2 is 2.00 bits per heavy atom. The second-order valence-corrected chi connectivity index (χ2v) is 8.14. The molecule has 1 atom stereocenters. The number of hydrogen-bond acceptors (Lipinski definition) is 4. The molecule has 0 bridgehead atoms. The molecule has 3 heterocycles. The van der Waals surface area contributed by atoms with E-state index in [1.165, 1.54) is 0 Å². The predicted octanol–water partition coefficient (Wildman–Crippen LogP) is 0.979. The quantitative estimate of drug-likeness (QED) is 0.889. The summed E-state index contributed by atoms with van der Waals surface area (Å²) >= 11 is 0. The van der Waals surface area contributed by atoms with Gasteiger partial charge in [-0.25, -0.2) is 13.1 Å². The average Bonchev–Trinajstić information content (AvgIpc) is 3.19. The molecule has 4 rings (SSSR count). The van der Waals surface area contributed by atoms with Gasteiger partial charge in [-0.3, -0.25) is 4.79 Å². The summed E-state index contributed by atoms with van der Waals surface area (Å²) in [7, 11) is -3.54. The molecule has 3 aliphatic rings. The second kappa shape index (κ2) is 5.58. The first-order valence-corrected chi connectivity index (χ1v) is 9.60. The number of hydrogen-bond donors (Lipinski definition) is 1. The largest absolute Gasteiger partial charge is 0.377 e. The molecule has 1 amide bonds. The zero-order valence-electron chi connectivity index (χ0n) is 12.9. The van der Waals surface area contributed by atoms with Gasteiger partial charge in [0.1, 0.15) is 0 Å². The van der Waals surface area contributed by atoms with Gasteiger partial charge in [-0.2, -0.15) is 0 Å². The summed E-state index contributed by atoms with van der Waals surface area (Å²) in [6, 6.07) is 3.44. The Labute approximate surface area is 135 Å². The third kappa shape index (κ3) is 2.66. The highest BCUT2D eigenvalue weighted by Gasteiger charge is 2.33. The number of ether oxygens (including phenoxy) is 1. The van der Waals surface area contributed by atoms with Gasteiger partial charge < -0.3 is 9.64 Å². The number of carbonyl (C=O) groups excluding carboxylic acids is 1. The van der Waals surface area contributed by atoms with Crippen LogP contribution in [0, 0.1) is 0 Å². The van der Waals surface area contributed by atoms with E-state index < -0.39 is 10.0 Å². The maximum atomic E-state index is 12.6. The van der Waals surface area contributed by atoms with E-state index in [4.69, 9.17) is 4.74 Å². The number of carbonyl (C=O) groups is 1. The fraction of sp³-hybridized carbons (Fsp3) is 0.562. The van der Waals surface area contributed by atoms with Crippen molar-refractivity contribution in [3.63, 3.8) is 0 Å². The van der Waals surface area contributed by atoms with Gasteiger partial charge in [0.2, 0.25) is 15.9 Å². The lowest BCUT2D eigenvalue weighted by molar-refractivity contribution is -0.118. The van der Waals surface area contributed by atoms with Gasteiger partial charge in [-0.1, -0.05) is 0 Å². The van der Waals surface area contributed by atoms with Crippen LogP contribution in [0.2, 0.25) is 0 Å². The minimum absolute atomic E-state index is 0.0225. The topological polar surface area (TPSA) is 75.7 Å². The maximum Gasteiger partial charge on any atom is 0.240 e. The predicted molar refractivity (Wildman–Crippen MR) is 85.0 cm³/mol. The SMILES string of the molecule is O=C1CCc2cc(S(=O)(=O)NC[C@@H]3CCCO3)cc3c2N1CC3. The molecule has 1 aromatic rings. The molecule has 0 radical (unpaired) electrons. The highest BCUT2D eigenvalue weighted by Crippen LogP contribution is 2.38. The summed E-state index contributed by atoms with van der Waals surface area (Å²) < 4.78 is 33.3. The zero-order chi connectivity index (χ0) is 16.0. The van der Waals surface area contributed by atoms with E-state index >= 15 is 0 Å². The van der Waals surface area contributed by atoms with Crippen LogP contribution in [0.1, 0.15) is 30.4 Å². The Morgan fingerprint density at radius 3 is 2.74 bits per heavy atom. The van der Waals surface area contributed by atoms with E-state index in [0.29, 0.717) is 37.4 Å². The summed E-state index contributed by atoms with van der Waals surface area (Å²) in [5.74, 6) is 0.142. The van der Waals surface area contributed by atoms with Gasteiger partial charge in [0, 0.05) is 26.1 Å². The van der Waals surface area contributed by atoms with Crippen LogP contribution in [0.15, 0.2) is 17.0 Å². The summed E-state index contributed by atoms with van der Waals surface area (Å²) in [5, 5.41) is 0. The highest BCUT2D eigenvalue weighted by atomic mass is 32.2. The molecule has 124 valence electrons. The number of nitrogens with zero attached hydrogens (tertiary/aromatic N) is 1. The van der Waals surface area contributed by atoms with Crippen molar-refractivity contribution < 1.29 is 17.9 Å². The summed E-state index contributed by atoms with van der Waals surface area (Å²) in [6.07, 6.45) is 3.66. The molecule has 0 aromatic heterocycles. The lowest BCUT2D eigenvalue weighted by Crippen LogP contribution is -2.33. The molecule has 1 fully saturated rings. The van der Waals surface area contributed by atoms with Crippen LogP contribution >= 0.6 is 0 Å². The van der Waals surface area contributed by atoms with Crippen LogP contribution in [0.3, 0.4) is 0 Å². The summed E-state index contributed by atoms with van der Waals surface area (Å²) in [4.78, 5) is 14.0. The minimum atomic E-state index is -3.54. The van der Waals surface area contributed by atoms with Crippen LogP contribution in [0.5, 0.6) is 0 Å². The third-order valence-corrected chi connectivity index (χ3v) is 6.26. The van der Waals surface area contributed by atoms with E-state index in [1.54, 1.807) is 17.0 Å². The van der Waals surface area contributed by atoms with E-state index in [-0.39, 0.29) is 12.0 Å². The fourth-order valence-corrected chi connectivity index (χ4v) is 4.84. The Hall–Kier alpha value is -1.44. The highest BCUT2D eigenvalue weighted by molar-refractivity contribution is 7.89. The molecule has 0 aliphatic carbocycles. The molecule has 3 aliphatic heterocycles. The van der Waals surface area contributed by atoms with Crippen molar-refractivity contribution >= 4 is 21.6 Å². The van der Waals surface area contributed by atoms with Gasteiger partial charge >= 0.3 is 0 Å². The standard InChI is InChI=1S/C16H20N2O4S/c19-15-4-3-11-8-14(9-12-5-6-18(15)16(11)12)23(20,21)17-10-13-2-1-7-22-13/h8-9,13,17H,1-7,10H2/t13-/m0/s1. The van der Waals surface area contributed by atoms with Crippen molar-refractivity contribution in [2.45, 2.75) is 43.1 Å². The Kier molecular flexibility index (Phi) is 3.66. The molecule has 1 aromatic carbocycles. The first-order valence-electron chi connectivity index (χ1n) is 8.12. The van der Waals surface area contributed by atoms with Gasteiger partial charge in [0.25, 0.3) is 0 Å².